The number of amides is 1. The van der Waals surface area contributed by atoms with Gasteiger partial charge in [0, 0.05) is 12.2 Å². The van der Waals surface area contributed by atoms with E-state index in [1.165, 1.54) is 35.2 Å². The van der Waals surface area contributed by atoms with E-state index in [4.69, 9.17) is 4.74 Å². The molecule has 0 aliphatic carbocycles. The summed E-state index contributed by atoms with van der Waals surface area (Å²) >= 11 is 1.99. The molecule has 14 heteroatoms. The number of esters is 1. The van der Waals surface area contributed by atoms with Crippen molar-refractivity contribution in [2.45, 2.75) is 14.8 Å². The lowest BCUT2D eigenvalue weighted by Gasteiger charge is -2.17. The minimum absolute atomic E-state index is 0.0349. The number of hydrogen-bond donors (Lipinski definition) is 2. The summed E-state index contributed by atoms with van der Waals surface area (Å²) < 4.78 is 61.2. The molecular weight excluding hydrogens is 583 g/mol. The van der Waals surface area contributed by atoms with Crippen LogP contribution in [0.1, 0.15) is 15.9 Å². The minimum atomic E-state index is -4.00. The molecule has 0 unspecified atom stereocenters. The van der Waals surface area contributed by atoms with E-state index in [0.29, 0.717) is 13.0 Å². The topological polar surface area (TPSA) is 139 Å². The van der Waals surface area contributed by atoms with Crippen molar-refractivity contribution in [1.82, 2.24) is 0 Å². The highest BCUT2D eigenvalue weighted by atomic mass is 32.3. The van der Waals surface area contributed by atoms with Gasteiger partial charge in [-0.2, -0.15) is 0 Å². The molecule has 3 heterocycles. The molecule has 1 amide bonds. The van der Waals surface area contributed by atoms with Gasteiger partial charge < -0.3 is 9.64 Å². The standard InChI is InChI=1S/C25H21N3O7S4/c29-22(28-10-9-17-5-1-2-6-21(17)28)16-35-25(30)18-13-19(26-38(31,32)23-7-3-11-36-23)15-20(14-18)27-39(33,34)24-8-4-12-37-24/h1-8,11-15,26-27H,9-10,16H2. The Bertz CT molecular complexity index is 1650. The normalized spacial score (nSPS) is 13.1. The van der Waals surface area contributed by atoms with Gasteiger partial charge in [0.15, 0.2) is 6.61 Å². The predicted octanol–water partition coefficient (Wildman–Crippen LogP) is 4.16. The van der Waals surface area contributed by atoms with Crippen molar-refractivity contribution < 1.29 is 31.2 Å². The molecule has 0 saturated carbocycles. The maximum Gasteiger partial charge on any atom is 0.338 e. The molecule has 5 rings (SSSR count). The number of carbonyl (C=O) groups excluding carboxylic acids is 2. The van der Waals surface area contributed by atoms with Gasteiger partial charge in [-0.3, -0.25) is 14.2 Å². The van der Waals surface area contributed by atoms with Crippen LogP contribution in [0.5, 0.6) is 0 Å². The summed E-state index contributed by atoms with van der Waals surface area (Å²) in [4.78, 5) is 27.3. The van der Waals surface area contributed by atoms with Gasteiger partial charge in [-0.1, -0.05) is 30.3 Å². The third kappa shape index (κ3) is 5.98. The Morgan fingerprint density at radius 1 is 0.821 bits per heavy atom. The van der Waals surface area contributed by atoms with Gasteiger partial charge in [0.05, 0.1) is 16.9 Å². The summed E-state index contributed by atoms with van der Waals surface area (Å²) in [6, 6.07) is 17.1. The van der Waals surface area contributed by atoms with E-state index in [2.05, 4.69) is 9.44 Å². The molecule has 4 aromatic rings. The number of fused-ring (bicyclic) bond motifs is 1. The number of nitrogens with one attached hydrogen (secondary N) is 2. The largest absolute Gasteiger partial charge is 0.452 e. The van der Waals surface area contributed by atoms with Crippen LogP contribution in [0.4, 0.5) is 17.1 Å². The molecule has 1 aliphatic rings. The van der Waals surface area contributed by atoms with Crippen molar-refractivity contribution in [2.75, 3.05) is 27.5 Å². The predicted molar refractivity (Wildman–Crippen MR) is 149 cm³/mol. The van der Waals surface area contributed by atoms with Crippen molar-refractivity contribution in [3.8, 4) is 0 Å². The second-order valence-corrected chi connectivity index (χ2v) is 14.1. The molecule has 2 aromatic heterocycles. The zero-order valence-corrected chi connectivity index (χ0v) is 23.3. The van der Waals surface area contributed by atoms with Crippen LogP contribution < -0.4 is 14.3 Å². The van der Waals surface area contributed by atoms with Crippen LogP contribution >= 0.6 is 22.7 Å². The van der Waals surface area contributed by atoms with Gasteiger partial charge >= 0.3 is 5.97 Å². The fourth-order valence-electron chi connectivity index (χ4n) is 3.99. The Labute approximate surface area is 233 Å². The number of benzene rings is 2. The van der Waals surface area contributed by atoms with E-state index in [0.717, 1.165) is 33.9 Å². The fraction of sp³-hybridized carbons (Fsp3) is 0.120. The molecule has 0 saturated heterocycles. The Morgan fingerprint density at radius 3 is 1.97 bits per heavy atom. The first-order valence-electron chi connectivity index (χ1n) is 11.5. The van der Waals surface area contributed by atoms with E-state index in [1.54, 1.807) is 22.9 Å². The van der Waals surface area contributed by atoms with Crippen LogP contribution in [0.3, 0.4) is 0 Å². The molecule has 10 nitrogen and oxygen atoms in total. The molecule has 202 valence electrons. The minimum Gasteiger partial charge on any atom is -0.452 e. The number of carbonyl (C=O) groups is 2. The molecule has 0 fully saturated rings. The van der Waals surface area contributed by atoms with Crippen LogP contribution in [0.25, 0.3) is 0 Å². The van der Waals surface area contributed by atoms with Crippen molar-refractivity contribution >= 4 is 71.7 Å². The number of ether oxygens (including phenoxy) is 1. The summed E-state index contributed by atoms with van der Waals surface area (Å²) in [6.07, 6.45) is 0.691. The molecular formula is C25H21N3O7S4. The molecule has 0 spiro atoms. The number of hydrogen-bond acceptors (Lipinski definition) is 9. The fourth-order valence-corrected chi connectivity index (χ4v) is 8.06. The van der Waals surface area contributed by atoms with Gasteiger partial charge in [0.1, 0.15) is 8.42 Å². The summed E-state index contributed by atoms with van der Waals surface area (Å²) in [7, 11) is -8.00. The zero-order chi connectivity index (χ0) is 27.6. The van der Waals surface area contributed by atoms with E-state index in [9.17, 15) is 26.4 Å². The third-order valence-electron chi connectivity index (χ3n) is 5.71. The Hall–Kier alpha value is -3.72. The quantitative estimate of drug-likeness (QED) is 0.274. The van der Waals surface area contributed by atoms with E-state index in [-0.39, 0.29) is 25.4 Å². The SMILES string of the molecule is O=C(OCC(=O)N1CCc2ccccc21)c1cc(NS(=O)(=O)c2cccs2)cc(NS(=O)(=O)c2cccs2)c1. The average molecular weight is 604 g/mol. The van der Waals surface area contributed by atoms with E-state index >= 15 is 0 Å². The van der Waals surface area contributed by atoms with Gasteiger partial charge in [-0.15, -0.1) is 22.7 Å². The monoisotopic (exact) mass is 603 g/mol. The first-order chi connectivity index (χ1) is 18.6. The Morgan fingerprint density at radius 2 is 1.41 bits per heavy atom. The number of anilines is 3. The molecule has 2 aromatic carbocycles. The summed E-state index contributed by atoms with van der Waals surface area (Å²) in [6.45, 7) is -0.0844. The number of nitrogens with zero attached hydrogens (tertiary/aromatic N) is 1. The van der Waals surface area contributed by atoms with Crippen molar-refractivity contribution in [2.24, 2.45) is 0 Å². The van der Waals surface area contributed by atoms with E-state index in [1.807, 2.05) is 24.3 Å². The molecule has 0 bridgehead atoms. The lowest BCUT2D eigenvalue weighted by molar-refractivity contribution is -0.121. The molecule has 0 atom stereocenters. The lowest BCUT2D eigenvalue weighted by Crippen LogP contribution is -2.33. The van der Waals surface area contributed by atoms with Crippen LogP contribution in [-0.2, 0) is 36.0 Å². The molecule has 1 aliphatic heterocycles. The van der Waals surface area contributed by atoms with Crippen molar-refractivity contribution in [3.05, 3.63) is 88.6 Å². The summed E-state index contributed by atoms with van der Waals surface area (Å²) in [5, 5.41) is 3.19. The smallest absolute Gasteiger partial charge is 0.338 e. The average Bonchev–Trinajstić information content (AvgIpc) is 3.68. The van der Waals surface area contributed by atoms with Crippen LogP contribution in [0.15, 0.2) is 85.9 Å². The second kappa shape index (κ2) is 10.8. The van der Waals surface area contributed by atoms with Gasteiger partial charge in [0.2, 0.25) is 0 Å². The first kappa shape index (κ1) is 26.9. The second-order valence-electron chi connectivity index (χ2n) is 8.37. The Kier molecular flexibility index (Phi) is 7.44. The number of rotatable bonds is 9. The highest BCUT2D eigenvalue weighted by Gasteiger charge is 2.26. The van der Waals surface area contributed by atoms with Gasteiger partial charge in [-0.25, -0.2) is 21.6 Å². The van der Waals surface area contributed by atoms with Crippen molar-refractivity contribution in [3.63, 3.8) is 0 Å². The highest BCUT2D eigenvalue weighted by Crippen LogP contribution is 2.29. The maximum atomic E-state index is 13.0. The third-order valence-corrected chi connectivity index (χ3v) is 11.3. The van der Waals surface area contributed by atoms with Crippen LogP contribution in [-0.4, -0.2) is 41.9 Å². The molecule has 2 N–H and O–H groups in total. The van der Waals surface area contributed by atoms with E-state index < -0.39 is 38.5 Å². The zero-order valence-electron chi connectivity index (χ0n) is 20.1. The van der Waals surface area contributed by atoms with Crippen LogP contribution in [0, 0.1) is 0 Å². The highest BCUT2D eigenvalue weighted by molar-refractivity contribution is 7.95. The molecule has 0 radical (unpaired) electrons. The number of thiophene rings is 2. The Balaban J connectivity index is 1.38. The summed E-state index contributed by atoms with van der Waals surface area (Å²) in [5.74, 6) is -1.34. The number of sulfonamides is 2. The summed E-state index contributed by atoms with van der Waals surface area (Å²) in [5.41, 5.74) is 1.49. The lowest BCUT2D eigenvalue weighted by atomic mass is 10.2. The van der Waals surface area contributed by atoms with Crippen LogP contribution in [0.2, 0.25) is 0 Å². The van der Waals surface area contributed by atoms with Gasteiger partial charge in [-0.05, 0) is 59.1 Å². The number of para-hydroxylation sites is 1. The van der Waals surface area contributed by atoms with Gasteiger partial charge in [0.25, 0.3) is 26.0 Å². The maximum absolute atomic E-state index is 13.0. The van der Waals surface area contributed by atoms with Crippen molar-refractivity contribution in [1.29, 1.82) is 0 Å². The first-order valence-corrected chi connectivity index (χ1v) is 16.2. The molecule has 39 heavy (non-hydrogen) atoms.